The Morgan fingerprint density at radius 1 is 1.06 bits per heavy atom. The van der Waals surface area contributed by atoms with E-state index in [0.717, 1.165) is 36.3 Å². The monoisotopic (exact) mass is 518 g/mol. The van der Waals surface area contributed by atoms with Crippen molar-refractivity contribution in [3.05, 3.63) is 29.2 Å². The molecular weight excluding hydrogens is 498 g/mol. The fourth-order valence-electron chi connectivity index (χ4n) is 3.57. The molecule has 2 aliphatic heterocycles. The number of aromatic nitrogens is 2. The minimum atomic E-state index is -5.08. The number of alkyl halides is 6. The molecule has 0 saturated carbocycles. The van der Waals surface area contributed by atoms with E-state index < -0.39 is 24.3 Å². The molecule has 0 unspecified atom stereocenters. The summed E-state index contributed by atoms with van der Waals surface area (Å²) in [6.45, 7) is 5.17. The number of hydrogen-bond donors (Lipinski definition) is 2. The van der Waals surface area contributed by atoms with Crippen LogP contribution in [-0.2, 0) is 16.1 Å². The van der Waals surface area contributed by atoms with Crippen LogP contribution in [0.4, 0.5) is 31.5 Å². The molecule has 2 aromatic heterocycles. The molecular formula is C18H20F6N4O5S. The third-order valence-electron chi connectivity index (χ3n) is 4.93. The van der Waals surface area contributed by atoms with Crippen molar-refractivity contribution in [3.63, 3.8) is 0 Å². The molecule has 16 heteroatoms. The Bertz CT molecular complexity index is 926. The molecule has 2 atom stereocenters. The van der Waals surface area contributed by atoms with E-state index in [4.69, 9.17) is 24.2 Å². The second-order valence-electron chi connectivity index (χ2n) is 7.22. The van der Waals surface area contributed by atoms with Crippen molar-refractivity contribution in [1.29, 1.82) is 0 Å². The average Bonchev–Trinajstić information content (AvgIpc) is 3.48. The van der Waals surface area contributed by atoms with E-state index in [1.54, 1.807) is 11.3 Å². The van der Waals surface area contributed by atoms with Crippen LogP contribution in [0.25, 0.3) is 0 Å². The first-order chi connectivity index (χ1) is 15.7. The van der Waals surface area contributed by atoms with Gasteiger partial charge in [0.05, 0.1) is 6.54 Å². The smallest absolute Gasteiger partial charge is 0.475 e. The first kappa shape index (κ1) is 27.4. The Morgan fingerprint density at radius 2 is 1.62 bits per heavy atom. The number of aliphatic carboxylic acids is 2. The SMILES string of the molecule is Cc1ccc(CN2CC[C@H]3[C@H]2CCN3c2nncs2)o1.O=C(O)C(F)(F)F.O=C(O)C(F)(F)F. The number of furan rings is 1. The number of halogens is 6. The van der Waals surface area contributed by atoms with Crippen LogP contribution in [0.2, 0.25) is 0 Å². The van der Waals surface area contributed by atoms with Gasteiger partial charge in [-0.3, -0.25) is 4.90 Å². The fourth-order valence-corrected chi connectivity index (χ4v) is 4.22. The van der Waals surface area contributed by atoms with Gasteiger partial charge in [-0.25, -0.2) is 9.59 Å². The molecule has 0 radical (unpaired) electrons. The number of carbonyl (C=O) groups is 2. The molecule has 2 fully saturated rings. The van der Waals surface area contributed by atoms with Gasteiger partial charge < -0.3 is 19.5 Å². The van der Waals surface area contributed by atoms with Crippen molar-refractivity contribution in [2.75, 3.05) is 18.0 Å². The number of hydrogen-bond acceptors (Lipinski definition) is 8. The first-order valence-electron chi connectivity index (χ1n) is 9.62. The Morgan fingerprint density at radius 3 is 2.06 bits per heavy atom. The summed E-state index contributed by atoms with van der Waals surface area (Å²) in [5, 5.41) is 23.5. The summed E-state index contributed by atoms with van der Waals surface area (Å²) in [5.74, 6) is -3.44. The molecule has 9 nitrogen and oxygen atoms in total. The number of likely N-dealkylation sites (tertiary alicyclic amines) is 1. The average molecular weight is 518 g/mol. The highest BCUT2D eigenvalue weighted by molar-refractivity contribution is 7.13. The second kappa shape index (κ2) is 11.0. The highest BCUT2D eigenvalue weighted by atomic mass is 32.1. The zero-order valence-electron chi connectivity index (χ0n) is 17.5. The van der Waals surface area contributed by atoms with E-state index >= 15 is 0 Å². The minimum absolute atomic E-state index is 0.596. The van der Waals surface area contributed by atoms with Crippen molar-refractivity contribution in [3.8, 4) is 0 Å². The molecule has 2 N–H and O–H groups in total. The van der Waals surface area contributed by atoms with Gasteiger partial charge in [-0.2, -0.15) is 26.3 Å². The summed E-state index contributed by atoms with van der Waals surface area (Å²) in [6, 6.07) is 5.37. The Hall–Kier alpha value is -2.88. The third kappa shape index (κ3) is 7.58. The Balaban J connectivity index is 0.000000244. The minimum Gasteiger partial charge on any atom is -0.475 e. The summed E-state index contributed by atoms with van der Waals surface area (Å²) in [4.78, 5) is 22.8. The molecule has 0 aromatic carbocycles. The van der Waals surface area contributed by atoms with Crippen molar-refractivity contribution >= 4 is 28.4 Å². The van der Waals surface area contributed by atoms with Gasteiger partial charge in [0.15, 0.2) is 0 Å². The molecule has 2 aromatic rings. The topological polar surface area (TPSA) is 120 Å². The van der Waals surface area contributed by atoms with Gasteiger partial charge in [-0.15, -0.1) is 10.2 Å². The third-order valence-corrected chi connectivity index (χ3v) is 5.65. The summed E-state index contributed by atoms with van der Waals surface area (Å²) in [6.07, 6.45) is -7.74. The van der Waals surface area contributed by atoms with E-state index in [0.29, 0.717) is 12.1 Å². The molecule has 2 aliphatic rings. The zero-order valence-corrected chi connectivity index (χ0v) is 18.3. The summed E-state index contributed by atoms with van der Waals surface area (Å²) < 4.78 is 69.2. The first-order valence-corrected chi connectivity index (χ1v) is 10.5. The number of nitrogens with zero attached hydrogens (tertiary/aromatic N) is 4. The normalized spacial score (nSPS) is 20.1. The van der Waals surface area contributed by atoms with Gasteiger partial charge in [0, 0.05) is 25.2 Å². The predicted octanol–water partition coefficient (Wildman–Crippen LogP) is 3.56. The molecule has 190 valence electrons. The maximum atomic E-state index is 10.6. The number of fused-ring (bicyclic) bond motifs is 1. The van der Waals surface area contributed by atoms with Gasteiger partial charge in [0.25, 0.3) is 0 Å². The largest absolute Gasteiger partial charge is 0.490 e. The van der Waals surface area contributed by atoms with E-state index in [1.807, 2.05) is 18.5 Å². The Kier molecular flexibility index (Phi) is 8.88. The van der Waals surface area contributed by atoms with Gasteiger partial charge >= 0.3 is 24.3 Å². The molecule has 0 amide bonds. The van der Waals surface area contributed by atoms with E-state index in [2.05, 4.69) is 26.1 Å². The quantitative estimate of drug-likeness (QED) is 0.588. The predicted molar refractivity (Wildman–Crippen MR) is 105 cm³/mol. The fraction of sp³-hybridized carbons (Fsp3) is 0.556. The van der Waals surface area contributed by atoms with E-state index in [9.17, 15) is 26.3 Å². The maximum absolute atomic E-state index is 10.6. The van der Waals surface area contributed by atoms with Gasteiger partial charge in [0.2, 0.25) is 5.13 Å². The molecule has 0 aliphatic carbocycles. The molecule has 34 heavy (non-hydrogen) atoms. The number of carboxylic acid groups (broad SMARTS) is 2. The molecule has 4 rings (SSSR count). The summed E-state index contributed by atoms with van der Waals surface area (Å²) in [7, 11) is 0. The van der Waals surface area contributed by atoms with Crippen LogP contribution in [0, 0.1) is 6.92 Å². The van der Waals surface area contributed by atoms with Gasteiger partial charge in [0.1, 0.15) is 17.0 Å². The molecule has 2 saturated heterocycles. The second-order valence-corrected chi connectivity index (χ2v) is 8.03. The molecule has 0 bridgehead atoms. The summed E-state index contributed by atoms with van der Waals surface area (Å²) in [5.41, 5.74) is 1.82. The summed E-state index contributed by atoms with van der Waals surface area (Å²) >= 11 is 1.64. The number of aryl methyl sites for hydroxylation is 1. The number of carboxylic acids is 2. The molecule has 0 spiro atoms. The highest BCUT2D eigenvalue weighted by Gasteiger charge is 2.43. The number of anilines is 1. The van der Waals surface area contributed by atoms with Crippen molar-refractivity contribution in [1.82, 2.24) is 15.1 Å². The molecule has 4 heterocycles. The van der Waals surface area contributed by atoms with Crippen LogP contribution in [-0.4, -0.2) is 74.8 Å². The highest BCUT2D eigenvalue weighted by Crippen LogP contribution is 2.36. The standard InChI is InChI=1S/C14H18N4OS.2C2HF3O2/c1-10-2-3-11(19-10)8-17-6-4-13-12(17)5-7-18(13)14-16-15-9-20-14;2*3-2(4,5)1(6)7/h2-3,9,12-13H,4-8H2,1H3;2*(H,6,7)/t12-,13+;;/m1../s1. The van der Waals surface area contributed by atoms with E-state index in [1.165, 1.54) is 12.8 Å². The lowest BCUT2D eigenvalue weighted by Crippen LogP contribution is -2.36. The van der Waals surface area contributed by atoms with Gasteiger partial charge in [-0.05, 0) is 31.9 Å². The Labute approximate surface area is 192 Å². The van der Waals surface area contributed by atoms with Gasteiger partial charge in [-0.1, -0.05) is 11.3 Å². The zero-order chi connectivity index (χ0) is 25.7. The number of rotatable bonds is 3. The lowest BCUT2D eigenvalue weighted by atomic mass is 10.1. The van der Waals surface area contributed by atoms with Crippen molar-refractivity contribution < 1.29 is 50.6 Å². The maximum Gasteiger partial charge on any atom is 0.490 e. The van der Waals surface area contributed by atoms with Crippen LogP contribution >= 0.6 is 11.3 Å². The lowest BCUT2D eigenvalue weighted by Gasteiger charge is -2.24. The van der Waals surface area contributed by atoms with Crippen LogP contribution in [0.5, 0.6) is 0 Å². The van der Waals surface area contributed by atoms with Crippen molar-refractivity contribution in [2.24, 2.45) is 0 Å². The van der Waals surface area contributed by atoms with Crippen LogP contribution in [0.3, 0.4) is 0 Å². The van der Waals surface area contributed by atoms with Crippen LogP contribution < -0.4 is 4.90 Å². The van der Waals surface area contributed by atoms with Crippen molar-refractivity contribution in [2.45, 2.75) is 50.7 Å². The van der Waals surface area contributed by atoms with Crippen LogP contribution in [0.15, 0.2) is 22.1 Å². The van der Waals surface area contributed by atoms with Crippen LogP contribution in [0.1, 0.15) is 24.4 Å². The van der Waals surface area contributed by atoms with E-state index in [-0.39, 0.29) is 0 Å². The lowest BCUT2D eigenvalue weighted by molar-refractivity contribution is -0.193.